The van der Waals surface area contributed by atoms with Gasteiger partial charge in [-0.2, -0.15) is 0 Å². The molecule has 0 radical (unpaired) electrons. The van der Waals surface area contributed by atoms with E-state index in [-0.39, 0.29) is 5.92 Å². The van der Waals surface area contributed by atoms with Crippen LogP contribution in [0.2, 0.25) is 0 Å². The average Bonchev–Trinajstić information content (AvgIpc) is 2.50. The third-order valence-corrected chi connectivity index (χ3v) is 4.74. The summed E-state index contributed by atoms with van der Waals surface area (Å²) in [5.74, 6) is 0.391. The van der Waals surface area contributed by atoms with Crippen molar-refractivity contribution in [2.45, 2.75) is 43.8 Å². The molecular formula is C16H20N2O4. The molecular weight excluding hydrogens is 284 g/mol. The Bertz CT molecular complexity index is 589. The summed E-state index contributed by atoms with van der Waals surface area (Å²) in [6.45, 7) is 0. The van der Waals surface area contributed by atoms with Crippen LogP contribution < -0.4 is 11.5 Å². The second kappa shape index (κ2) is 5.87. The highest BCUT2D eigenvalue weighted by Gasteiger charge is 2.47. The Morgan fingerprint density at radius 2 is 1.59 bits per heavy atom. The van der Waals surface area contributed by atoms with Crippen molar-refractivity contribution in [1.82, 2.24) is 0 Å². The van der Waals surface area contributed by atoms with E-state index in [1.165, 1.54) is 0 Å². The van der Waals surface area contributed by atoms with Crippen molar-refractivity contribution >= 4 is 12.2 Å². The Hall–Kier alpha value is -2.24. The van der Waals surface area contributed by atoms with Gasteiger partial charge in [-0.25, -0.2) is 9.59 Å². The molecule has 1 fully saturated rings. The lowest BCUT2D eigenvalue weighted by Gasteiger charge is -2.44. The van der Waals surface area contributed by atoms with Crippen LogP contribution in [0.25, 0.3) is 0 Å². The van der Waals surface area contributed by atoms with E-state index in [4.69, 9.17) is 20.9 Å². The maximum absolute atomic E-state index is 11.3. The minimum atomic E-state index is -0.882. The maximum Gasteiger partial charge on any atom is 0.405 e. The summed E-state index contributed by atoms with van der Waals surface area (Å²) in [6.07, 6.45) is 1.13. The lowest BCUT2D eigenvalue weighted by molar-refractivity contribution is -0.0568. The van der Waals surface area contributed by atoms with E-state index >= 15 is 0 Å². The first kappa shape index (κ1) is 14.7. The Labute approximate surface area is 128 Å². The first-order chi connectivity index (χ1) is 10.6. The number of hydrogen-bond donors (Lipinski definition) is 2. The second-order valence-electron chi connectivity index (χ2n) is 5.94. The number of benzene rings is 1. The van der Waals surface area contributed by atoms with Crippen molar-refractivity contribution in [1.29, 1.82) is 0 Å². The molecule has 0 saturated heterocycles. The largest absolute Gasteiger partial charge is 0.442 e. The summed E-state index contributed by atoms with van der Waals surface area (Å²) >= 11 is 0. The molecule has 1 aromatic carbocycles. The number of amides is 2. The molecule has 0 heterocycles. The van der Waals surface area contributed by atoms with Crippen LogP contribution in [0.1, 0.15) is 48.8 Å². The lowest BCUT2D eigenvalue weighted by Crippen LogP contribution is -2.44. The smallest absolute Gasteiger partial charge is 0.405 e. The van der Waals surface area contributed by atoms with Gasteiger partial charge in [0.2, 0.25) is 0 Å². The van der Waals surface area contributed by atoms with Gasteiger partial charge in [-0.1, -0.05) is 37.1 Å². The first-order valence-corrected chi connectivity index (χ1v) is 7.59. The standard InChI is InChI=1S/C16H20N2O4/c17-15(19)21-13-11-7-3-1-5-9(11)10-6-2-4-8-12(10)14(13)22-16(18)20/h1,3,5,7,10,12-14H,2,4,6,8H2,(H2,17,19)(H2,18,20)/t10-,12+,13+,14-/m1/s1. The quantitative estimate of drug-likeness (QED) is 0.876. The molecule has 0 spiro atoms. The monoisotopic (exact) mass is 304 g/mol. The molecule has 4 N–H and O–H groups in total. The van der Waals surface area contributed by atoms with E-state index in [0.717, 1.165) is 36.8 Å². The molecule has 2 amide bonds. The highest BCUT2D eigenvalue weighted by molar-refractivity contribution is 5.66. The summed E-state index contributed by atoms with van der Waals surface area (Å²) in [6, 6.07) is 7.79. The molecule has 22 heavy (non-hydrogen) atoms. The normalized spacial score (nSPS) is 29.8. The van der Waals surface area contributed by atoms with Crippen LogP contribution in [0.5, 0.6) is 0 Å². The Morgan fingerprint density at radius 1 is 0.955 bits per heavy atom. The summed E-state index contributed by atoms with van der Waals surface area (Å²) in [4.78, 5) is 22.6. The number of carbonyl (C=O) groups is 2. The fourth-order valence-corrected chi connectivity index (χ4v) is 3.99. The van der Waals surface area contributed by atoms with Crippen LogP contribution in [0.15, 0.2) is 24.3 Å². The average molecular weight is 304 g/mol. The van der Waals surface area contributed by atoms with Crippen LogP contribution in [-0.4, -0.2) is 18.3 Å². The van der Waals surface area contributed by atoms with Gasteiger partial charge in [-0.05, 0) is 29.9 Å². The molecule has 0 unspecified atom stereocenters. The SMILES string of the molecule is NC(=O)O[C@@H]1[C@H]2CCCC[C@@H]2c2ccccc2[C@@H]1OC(N)=O. The number of ether oxygens (including phenoxy) is 2. The predicted octanol–water partition coefficient (Wildman–Crippen LogP) is 2.57. The van der Waals surface area contributed by atoms with Gasteiger partial charge >= 0.3 is 12.2 Å². The van der Waals surface area contributed by atoms with Crippen LogP contribution in [0.4, 0.5) is 9.59 Å². The van der Waals surface area contributed by atoms with Gasteiger partial charge in [0.05, 0.1) is 0 Å². The lowest BCUT2D eigenvalue weighted by atomic mass is 9.65. The summed E-state index contributed by atoms with van der Waals surface area (Å²) in [5.41, 5.74) is 12.4. The Kier molecular flexibility index (Phi) is 3.92. The van der Waals surface area contributed by atoms with Gasteiger partial charge < -0.3 is 20.9 Å². The van der Waals surface area contributed by atoms with E-state index in [1.54, 1.807) is 0 Å². The fraction of sp³-hybridized carbons (Fsp3) is 0.500. The highest BCUT2D eigenvalue weighted by Crippen LogP contribution is 2.50. The molecule has 0 aromatic heterocycles. The molecule has 2 aliphatic rings. The van der Waals surface area contributed by atoms with Gasteiger partial charge in [-0.3, -0.25) is 0 Å². The number of fused-ring (bicyclic) bond motifs is 3. The zero-order chi connectivity index (χ0) is 15.7. The minimum Gasteiger partial charge on any atom is -0.442 e. The molecule has 118 valence electrons. The Morgan fingerprint density at radius 3 is 2.27 bits per heavy atom. The summed E-state index contributed by atoms with van der Waals surface area (Å²) < 4.78 is 10.6. The predicted molar refractivity (Wildman–Crippen MR) is 79.0 cm³/mol. The van der Waals surface area contributed by atoms with Gasteiger partial charge in [0.15, 0.2) is 6.10 Å². The van der Waals surface area contributed by atoms with Crippen LogP contribution in [-0.2, 0) is 9.47 Å². The fourth-order valence-electron chi connectivity index (χ4n) is 3.99. The third kappa shape index (κ3) is 2.61. The summed E-state index contributed by atoms with van der Waals surface area (Å²) in [5, 5.41) is 0. The zero-order valence-electron chi connectivity index (χ0n) is 12.2. The summed E-state index contributed by atoms with van der Waals surface area (Å²) in [7, 11) is 0. The second-order valence-corrected chi connectivity index (χ2v) is 5.94. The number of nitrogens with two attached hydrogens (primary N) is 2. The maximum atomic E-state index is 11.3. The minimum absolute atomic E-state index is 0.0977. The van der Waals surface area contributed by atoms with Crippen molar-refractivity contribution in [3.8, 4) is 0 Å². The topological polar surface area (TPSA) is 105 Å². The van der Waals surface area contributed by atoms with E-state index in [0.29, 0.717) is 5.92 Å². The van der Waals surface area contributed by atoms with Crippen molar-refractivity contribution in [3.05, 3.63) is 35.4 Å². The van der Waals surface area contributed by atoms with Gasteiger partial charge in [-0.15, -0.1) is 0 Å². The van der Waals surface area contributed by atoms with Gasteiger partial charge in [0, 0.05) is 5.92 Å². The molecule has 2 aliphatic carbocycles. The highest BCUT2D eigenvalue weighted by atomic mass is 16.6. The van der Waals surface area contributed by atoms with Gasteiger partial charge in [0.25, 0.3) is 0 Å². The van der Waals surface area contributed by atoms with Crippen molar-refractivity contribution in [2.75, 3.05) is 0 Å². The number of carbonyl (C=O) groups excluding carboxylic acids is 2. The van der Waals surface area contributed by atoms with Crippen LogP contribution >= 0.6 is 0 Å². The molecule has 0 bridgehead atoms. The van der Waals surface area contributed by atoms with E-state index in [9.17, 15) is 9.59 Å². The van der Waals surface area contributed by atoms with Crippen molar-refractivity contribution in [3.63, 3.8) is 0 Å². The first-order valence-electron chi connectivity index (χ1n) is 7.59. The zero-order valence-corrected chi connectivity index (χ0v) is 12.2. The molecule has 1 aromatic rings. The molecule has 6 heteroatoms. The molecule has 4 atom stereocenters. The van der Waals surface area contributed by atoms with Crippen LogP contribution in [0, 0.1) is 5.92 Å². The number of hydrogen-bond acceptors (Lipinski definition) is 4. The van der Waals surface area contributed by atoms with Crippen molar-refractivity contribution < 1.29 is 19.1 Å². The van der Waals surface area contributed by atoms with E-state index in [2.05, 4.69) is 6.07 Å². The van der Waals surface area contributed by atoms with E-state index < -0.39 is 24.4 Å². The molecule has 6 nitrogen and oxygen atoms in total. The molecule has 0 aliphatic heterocycles. The molecule has 3 rings (SSSR count). The molecule has 1 saturated carbocycles. The van der Waals surface area contributed by atoms with Crippen molar-refractivity contribution in [2.24, 2.45) is 17.4 Å². The van der Waals surface area contributed by atoms with Crippen LogP contribution in [0.3, 0.4) is 0 Å². The van der Waals surface area contributed by atoms with E-state index in [1.807, 2.05) is 18.2 Å². The Balaban J connectivity index is 2.05. The number of primary amides is 2. The number of rotatable bonds is 2. The van der Waals surface area contributed by atoms with Gasteiger partial charge in [0.1, 0.15) is 6.10 Å². The third-order valence-electron chi connectivity index (χ3n) is 4.74.